The fraction of sp³-hybridized carbons (Fsp3) is 0.625. The van der Waals surface area contributed by atoms with Gasteiger partial charge in [0.25, 0.3) is 0 Å². The zero-order valence-electron chi connectivity index (χ0n) is 6.97. The lowest BCUT2D eigenvalue weighted by Crippen LogP contribution is -1.97. The van der Waals surface area contributed by atoms with E-state index in [0.717, 1.165) is 17.4 Å². The van der Waals surface area contributed by atoms with Gasteiger partial charge >= 0.3 is 0 Å². The Bertz CT molecular complexity index is 230. The number of nitrogens with zero attached hydrogens (tertiary/aromatic N) is 2. The summed E-state index contributed by atoms with van der Waals surface area (Å²) in [5, 5.41) is 0.719. The summed E-state index contributed by atoms with van der Waals surface area (Å²) in [6.45, 7) is 2.17. The fourth-order valence-electron chi connectivity index (χ4n) is 0.991. The van der Waals surface area contributed by atoms with Crippen molar-refractivity contribution in [2.75, 3.05) is 0 Å². The van der Waals surface area contributed by atoms with Crippen molar-refractivity contribution >= 4 is 11.6 Å². The Kier molecular flexibility index (Phi) is 2.94. The SMILES string of the molecule is CCCCc1ncc(Cl)n1C. The summed E-state index contributed by atoms with van der Waals surface area (Å²) in [4.78, 5) is 4.18. The first-order valence-corrected chi connectivity index (χ1v) is 4.29. The molecule has 0 bridgehead atoms. The van der Waals surface area contributed by atoms with Crippen LogP contribution in [0.4, 0.5) is 0 Å². The molecule has 1 aromatic heterocycles. The average molecular weight is 173 g/mol. The van der Waals surface area contributed by atoms with Crippen molar-refractivity contribution in [3.63, 3.8) is 0 Å². The Morgan fingerprint density at radius 3 is 2.82 bits per heavy atom. The third kappa shape index (κ3) is 1.96. The number of halogens is 1. The molecule has 0 radical (unpaired) electrons. The van der Waals surface area contributed by atoms with E-state index < -0.39 is 0 Å². The second kappa shape index (κ2) is 3.77. The largest absolute Gasteiger partial charge is 0.322 e. The van der Waals surface area contributed by atoms with E-state index in [0.29, 0.717) is 0 Å². The molecule has 2 nitrogen and oxygen atoms in total. The van der Waals surface area contributed by atoms with Gasteiger partial charge in [-0.1, -0.05) is 24.9 Å². The van der Waals surface area contributed by atoms with E-state index in [1.165, 1.54) is 12.8 Å². The molecule has 0 aliphatic carbocycles. The normalized spacial score (nSPS) is 10.5. The van der Waals surface area contributed by atoms with Crippen LogP contribution in [0.1, 0.15) is 25.6 Å². The highest BCUT2D eigenvalue weighted by Crippen LogP contribution is 2.10. The van der Waals surface area contributed by atoms with Crippen LogP contribution in [0.15, 0.2) is 6.20 Å². The number of imidazole rings is 1. The molecular weight excluding hydrogens is 160 g/mol. The van der Waals surface area contributed by atoms with Gasteiger partial charge < -0.3 is 4.57 Å². The Hall–Kier alpha value is -0.500. The maximum Gasteiger partial charge on any atom is 0.128 e. The highest BCUT2D eigenvalue weighted by atomic mass is 35.5. The van der Waals surface area contributed by atoms with Crippen LogP contribution in [0.25, 0.3) is 0 Å². The molecule has 0 saturated carbocycles. The van der Waals surface area contributed by atoms with Crippen LogP contribution >= 0.6 is 11.6 Å². The lowest BCUT2D eigenvalue weighted by atomic mass is 10.2. The van der Waals surface area contributed by atoms with Crippen LogP contribution in [-0.2, 0) is 13.5 Å². The maximum atomic E-state index is 5.81. The number of rotatable bonds is 3. The van der Waals surface area contributed by atoms with Crippen LogP contribution in [0.3, 0.4) is 0 Å². The lowest BCUT2D eigenvalue weighted by molar-refractivity contribution is 0.712. The number of unbranched alkanes of at least 4 members (excludes halogenated alkanes) is 1. The van der Waals surface area contributed by atoms with Gasteiger partial charge in [0.2, 0.25) is 0 Å². The third-order valence-corrected chi connectivity index (χ3v) is 2.13. The molecule has 0 saturated heterocycles. The predicted octanol–water partition coefficient (Wildman–Crippen LogP) is 2.42. The van der Waals surface area contributed by atoms with Gasteiger partial charge in [0.1, 0.15) is 11.0 Å². The molecule has 1 rings (SSSR count). The Morgan fingerprint density at radius 1 is 1.64 bits per heavy atom. The highest BCUT2D eigenvalue weighted by molar-refractivity contribution is 6.29. The van der Waals surface area contributed by atoms with Gasteiger partial charge in [-0.05, 0) is 6.42 Å². The van der Waals surface area contributed by atoms with Crippen molar-refractivity contribution in [3.8, 4) is 0 Å². The fourth-order valence-corrected chi connectivity index (χ4v) is 1.14. The van der Waals surface area contributed by atoms with Crippen molar-refractivity contribution in [1.82, 2.24) is 9.55 Å². The van der Waals surface area contributed by atoms with E-state index in [9.17, 15) is 0 Å². The molecule has 1 heterocycles. The summed E-state index contributed by atoms with van der Waals surface area (Å²) >= 11 is 5.81. The van der Waals surface area contributed by atoms with Gasteiger partial charge in [-0.2, -0.15) is 0 Å². The highest BCUT2D eigenvalue weighted by Gasteiger charge is 2.01. The molecule has 0 fully saturated rings. The van der Waals surface area contributed by atoms with E-state index >= 15 is 0 Å². The van der Waals surface area contributed by atoms with E-state index in [4.69, 9.17) is 11.6 Å². The average Bonchev–Trinajstić information content (AvgIpc) is 2.31. The minimum atomic E-state index is 0.719. The summed E-state index contributed by atoms with van der Waals surface area (Å²) in [5.41, 5.74) is 0. The molecule has 0 aliphatic heterocycles. The van der Waals surface area contributed by atoms with Crippen molar-refractivity contribution in [2.24, 2.45) is 7.05 Å². The van der Waals surface area contributed by atoms with Crippen LogP contribution in [-0.4, -0.2) is 9.55 Å². The molecule has 0 aromatic carbocycles. The molecule has 11 heavy (non-hydrogen) atoms. The van der Waals surface area contributed by atoms with E-state index in [1.807, 2.05) is 11.6 Å². The number of hydrogen-bond donors (Lipinski definition) is 0. The monoisotopic (exact) mass is 172 g/mol. The molecule has 0 atom stereocenters. The standard InChI is InChI=1S/C8H13ClN2/c1-3-4-5-8-10-6-7(9)11(8)2/h6H,3-5H2,1-2H3. The van der Waals surface area contributed by atoms with Crippen molar-refractivity contribution in [3.05, 3.63) is 17.2 Å². The first-order valence-electron chi connectivity index (χ1n) is 3.91. The van der Waals surface area contributed by atoms with E-state index in [1.54, 1.807) is 6.20 Å². The topological polar surface area (TPSA) is 17.8 Å². The Balaban J connectivity index is 2.63. The quantitative estimate of drug-likeness (QED) is 0.685. The molecule has 0 unspecified atom stereocenters. The van der Waals surface area contributed by atoms with Crippen molar-refractivity contribution < 1.29 is 0 Å². The maximum absolute atomic E-state index is 5.81. The van der Waals surface area contributed by atoms with Gasteiger partial charge in [-0.3, -0.25) is 0 Å². The molecule has 3 heteroatoms. The van der Waals surface area contributed by atoms with Gasteiger partial charge in [0.15, 0.2) is 0 Å². The van der Waals surface area contributed by atoms with Gasteiger partial charge in [-0.15, -0.1) is 0 Å². The molecule has 0 spiro atoms. The predicted molar refractivity (Wildman–Crippen MR) is 46.8 cm³/mol. The minimum absolute atomic E-state index is 0.719. The van der Waals surface area contributed by atoms with E-state index in [2.05, 4.69) is 11.9 Å². The second-order valence-electron chi connectivity index (χ2n) is 2.66. The number of hydrogen-bond acceptors (Lipinski definition) is 1. The summed E-state index contributed by atoms with van der Waals surface area (Å²) < 4.78 is 1.93. The van der Waals surface area contributed by atoms with E-state index in [-0.39, 0.29) is 0 Å². The molecule has 0 aliphatic rings. The Labute approximate surface area is 72.2 Å². The zero-order valence-corrected chi connectivity index (χ0v) is 7.73. The van der Waals surface area contributed by atoms with Crippen LogP contribution in [0.5, 0.6) is 0 Å². The van der Waals surface area contributed by atoms with Crippen LogP contribution in [0, 0.1) is 0 Å². The molecule has 0 amide bonds. The van der Waals surface area contributed by atoms with Gasteiger partial charge in [0.05, 0.1) is 6.20 Å². The molecule has 1 aromatic rings. The third-order valence-electron chi connectivity index (χ3n) is 1.78. The lowest BCUT2D eigenvalue weighted by Gasteiger charge is -1.99. The van der Waals surface area contributed by atoms with Crippen LogP contribution in [0.2, 0.25) is 5.15 Å². The molecular formula is C8H13ClN2. The summed E-state index contributed by atoms with van der Waals surface area (Å²) in [6.07, 6.45) is 5.11. The second-order valence-corrected chi connectivity index (χ2v) is 3.05. The van der Waals surface area contributed by atoms with Crippen molar-refractivity contribution in [1.29, 1.82) is 0 Å². The molecule has 62 valence electrons. The first-order chi connectivity index (χ1) is 5.25. The van der Waals surface area contributed by atoms with Gasteiger partial charge in [-0.25, -0.2) is 4.98 Å². The van der Waals surface area contributed by atoms with Crippen LogP contribution < -0.4 is 0 Å². The molecule has 0 N–H and O–H groups in total. The summed E-state index contributed by atoms with van der Waals surface area (Å²) in [6, 6.07) is 0. The summed E-state index contributed by atoms with van der Waals surface area (Å²) in [7, 11) is 1.94. The van der Waals surface area contributed by atoms with Gasteiger partial charge in [0, 0.05) is 13.5 Å². The van der Waals surface area contributed by atoms with Crippen molar-refractivity contribution in [2.45, 2.75) is 26.2 Å². The first kappa shape index (κ1) is 8.60. The zero-order chi connectivity index (χ0) is 8.27. The number of aryl methyl sites for hydroxylation is 1. The summed E-state index contributed by atoms with van der Waals surface area (Å²) in [5.74, 6) is 1.08. The smallest absolute Gasteiger partial charge is 0.128 e. The Morgan fingerprint density at radius 2 is 2.36 bits per heavy atom. The number of aromatic nitrogens is 2. The minimum Gasteiger partial charge on any atom is -0.322 e.